The summed E-state index contributed by atoms with van der Waals surface area (Å²) in [5.74, 6) is 1.51. The van der Waals surface area contributed by atoms with E-state index in [2.05, 4.69) is 90.1 Å². The molecule has 154 valence electrons. The molecule has 0 aliphatic rings. The van der Waals surface area contributed by atoms with Crippen molar-refractivity contribution in [1.82, 2.24) is 9.97 Å². The molecule has 0 saturated heterocycles. The molecule has 2 heterocycles. The van der Waals surface area contributed by atoms with Gasteiger partial charge in [-0.3, -0.25) is 0 Å². The Bertz CT molecular complexity index is 1100. The Kier molecular flexibility index (Phi) is 6.26. The van der Waals surface area contributed by atoms with Gasteiger partial charge in [0.2, 0.25) is 13.7 Å². The maximum absolute atomic E-state index is 5.98. The molecule has 4 nitrogen and oxygen atoms in total. The highest BCUT2D eigenvalue weighted by Gasteiger charge is 2.29. The Morgan fingerprint density at radius 2 is 1.39 bits per heavy atom. The van der Waals surface area contributed by atoms with Crippen LogP contribution in [0.3, 0.4) is 0 Å². The number of rotatable bonds is 7. The highest BCUT2D eigenvalue weighted by Crippen LogP contribution is 2.29. The average Bonchev–Trinajstić information content (AvgIpc) is 2.75. The predicted molar refractivity (Wildman–Crippen MR) is 135 cm³/mol. The zero-order valence-electron chi connectivity index (χ0n) is 18.5. The number of nitrogens with two attached hydrogens (primary N) is 1. The van der Waals surface area contributed by atoms with Gasteiger partial charge in [0.15, 0.2) is 0 Å². The molecule has 0 amide bonds. The largest absolute Gasteiger partial charge is 0.444 e. The monoisotopic (exact) mass is 406 g/mol. The number of hydrogen-bond acceptors (Lipinski definition) is 4. The van der Waals surface area contributed by atoms with Crippen molar-refractivity contribution < 1.29 is 0 Å². The number of pyridine rings is 2. The smallest absolute Gasteiger partial charge is 0.243 e. The van der Waals surface area contributed by atoms with Gasteiger partial charge in [-0.05, 0) is 37.1 Å². The van der Waals surface area contributed by atoms with Gasteiger partial charge in [-0.2, -0.15) is 0 Å². The fourth-order valence-electron chi connectivity index (χ4n) is 4.43. The summed E-state index contributed by atoms with van der Waals surface area (Å²) in [6.45, 7) is 7.14. The summed E-state index contributed by atoms with van der Waals surface area (Å²) in [5.41, 5.74) is 9.61. The normalized spacial score (nSPS) is 10.8. The summed E-state index contributed by atoms with van der Waals surface area (Å²) in [7, 11) is 0. The molecule has 0 spiro atoms. The number of benzene rings is 2. The van der Waals surface area contributed by atoms with Crippen molar-refractivity contribution in [2.24, 2.45) is 0 Å². The van der Waals surface area contributed by atoms with Crippen LogP contribution in [0.1, 0.15) is 16.8 Å². The Morgan fingerprint density at radius 1 is 0.839 bits per heavy atom. The minimum Gasteiger partial charge on any atom is -0.444 e. The quantitative estimate of drug-likeness (QED) is 0.433. The van der Waals surface area contributed by atoms with Crippen LogP contribution in [0.5, 0.6) is 0 Å². The highest BCUT2D eigenvalue weighted by molar-refractivity contribution is 6.82. The summed E-state index contributed by atoms with van der Waals surface area (Å²) < 4.78 is 2.47. The Labute approximate surface area is 185 Å². The highest BCUT2D eigenvalue weighted by atomic mass is 15.1. The molecule has 6 heteroatoms. The molecule has 0 radical (unpaired) electrons. The molecule has 2 aromatic carbocycles. The topological polar surface area (TPSA) is 55.0 Å². The number of aryl methyl sites for hydroxylation is 1. The number of aromatic nitrogens is 2. The van der Waals surface area contributed by atoms with Gasteiger partial charge < -0.3 is 10.5 Å². The second kappa shape index (κ2) is 9.25. The second-order valence-corrected chi connectivity index (χ2v) is 8.40. The van der Waals surface area contributed by atoms with Crippen molar-refractivity contribution in [1.29, 1.82) is 0 Å². The molecule has 0 atom stereocenters. The first kappa shape index (κ1) is 21.0. The van der Waals surface area contributed by atoms with Gasteiger partial charge in [-0.25, -0.2) is 9.97 Å². The Morgan fingerprint density at radius 3 is 1.94 bits per heavy atom. The van der Waals surface area contributed by atoms with Crippen LogP contribution in [-0.2, 0) is 12.6 Å². The van der Waals surface area contributed by atoms with E-state index in [1.165, 1.54) is 11.1 Å². The van der Waals surface area contributed by atoms with E-state index in [1.807, 2.05) is 19.2 Å². The standard InChI is InChI=1S/C25H28B2N4/c1-19-14-22-15-24(28)29-18-23(22)25(30-19)31(26(2)16-20-10-6-4-7-11-20)27(3)17-21-12-8-5-9-13-21/h4-15,18H,16-17H2,1-3H3,(H2,28,29). The van der Waals surface area contributed by atoms with Crippen LogP contribution in [0.15, 0.2) is 79.0 Å². The van der Waals surface area contributed by atoms with Crippen molar-refractivity contribution in [2.45, 2.75) is 33.2 Å². The first-order valence-electron chi connectivity index (χ1n) is 10.9. The maximum atomic E-state index is 5.98. The van der Waals surface area contributed by atoms with Gasteiger partial charge >= 0.3 is 0 Å². The van der Waals surface area contributed by atoms with Crippen LogP contribution in [0.4, 0.5) is 11.6 Å². The van der Waals surface area contributed by atoms with Crippen LogP contribution in [0.25, 0.3) is 10.8 Å². The van der Waals surface area contributed by atoms with E-state index in [4.69, 9.17) is 10.7 Å². The molecular weight excluding hydrogens is 378 g/mol. The maximum Gasteiger partial charge on any atom is 0.243 e. The molecule has 2 N–H and O–H groups in total. The molecule has 0 fully saturated rings. The van der Waals surface area contributed by atoms with Gasteiger partial charge in [-0.15, -0.1) is 0 Å². The number of nitrogen functional groups attached to an aromatic ring is 1. The van der Waals surface area contributed by atoms with E-state index in [9.17, 15) is 0 Å². The van der Waals surface area contributed by atoms with Crippen LogP contribution in [0.2, 0.25) is 13.6 Å². The molecule has 2 aromatic heterocycles. The number of hydrogen-bond donors (Lipinski definition) is 1. The fourth-order valence-corrected chi connectivity index (χ4v) is 4.43. The third-order valence-electron chi connectivity index (χ3n) is 5.79. The fraction of sp³-hybridized carbons (Fsp3) is 0.200. The first-order chi connectivity index (χ1) is 15.0. The van der Waals surface area contributed by atoms with Crippen molar-refractivity contribution in [3.63, 3.8) is 0 Å². The minimum absolute atomic E-state index is 0.260. The molecule has 4 aromatic rings. The van der Waals surface area contributed by atoms with Crippen molar-refractivity contribution >= 4 is 36.1 Å². The third kappa shape index (κ3) is 4.91. The lowest BCUT2D eigenvalue weighted by atomic mass is 9.45. The summed E-state index contributed by atoms with van der Waals surface area (Å²) in [6, 6.07) is 25.3. The lowest BCUT2D eigenvalue weighted by Crippen LogP contribution is -2.50. The minimum atomic E-state index is 0.260. The van der Waals surface area contributed by atoms with E-state index in [1.54, 1.807) is 0 Å². The van der Waals surface area contributed by atoms with Crippen LogP contribution in [0, 0.1) is 6.92 Å². The predicted octanol–water partition coefficient (Wildman–Crippen LogP) is 5.13. The van der Waals surface area contributed by atoms with E-state index >= 15 is 0 Å². The lowest BCUT2D eigenvalue weighted by molar-refractivity contribution is 1.17. The van der Waals surface area contributed by atoms with Crippen molar-refractivity contribution in [2.75, 3.05) is 10.5 Å². The zero-order valence-corrected chi connectivity index (χ0v) is 18.5. The molecule has 0 aliphatic carbocycles. The lowest BCUT2D eigenvalue weighted by Gasteiger charge is -2.34. The van der Waals surface area contributed by atoms with Crippen LogP contribution >= 0.6 is 0 Å². The van der Waals surface area contributed by atoms with E-state index < -0.39 is 0 Å². The SMILES string of the molecule is CB(Cc1ccccc1)N(B(C)Cc1ccccc1)c1nc(C)cc2cc(N)ncc12. The molecule has 31 heavy (non-hydrogen) atoms. The van der Waals surface area contributed by atoms with E-state index in [-0.39, 0.29) is 13.7 Å². The molecular formula is C25H28B2N4. The Balaban J connectivity index is 1.77. The average molecular weight is 406 g/mol. The molecule has 4 rings (SSSR count). The first-order valence-corrected chi connectivity index (χ1v) is 10.9. The van der Waals surface area contributed by atoms with E-state index in [0.717, 1.165) is 34.9 Å². The summed E-state index contributed by atoms with van der Waals surface area (Å²) in [4.78, 5) is 9.38. The Hall–Kier alpha value is -3.27. The van der Waals surface area contributed by atoms with Crippen molar-refractivity contribution in [3.05, 3.63) is 95.8 Å². The van der Waals surface area contributed by atoms with Crippen LogP contribution < -0.4 is 10.5 Å². The number of fused-ring (bicyclic) bond motifs is 1. The van der Waals surface area contributed by atoms with Crippen LogP contribution in [-0.4, -0.2) is 23.7 Å². The molecule has 0 bridgehead atoms. The second-order valence-electron chi connectivity index (χ2n) is 8.40. The molecule has 0 saturated carbocycles. The summed E-state index contributed by atoms with van der Waals surface area (Å²) in [6.07, 6.45) is 3.75. The van der Waals surface area contributed by atoms with Gasteiger partial charge in [-0.1, -0.05) is 85.4 Å². The van der Waals surface area contributed by atoms with E-state index in [0.29, 0.717) is 5.82 Å². The zero-order chi connectivity index (χ0) is 21.8. The van der Waals surface area contributed by atoms with Gasteiger partial charge in [0.05, 0.1) is 0 Å². The summed E-state index contributed by atoms with van der Waals surface area (Å²) >= 11 is 0. The van der Waals surface area contributed by atoms with Gasteiger partial charge in [0, 0.05) is 17.3 Å². The molecule has 0 aliphatic heterocycles. The number of nitrogens with zero attached hydrogens (tertiary/aromatic N) is 3. The van der Waals surface area contributed by atoms with Gasteiger partial charge in [0.25, 0.3) is 0 Å². The van der Waals surface area contributed by atoms with Gasteiger partial charge in [0.1, 0.15) is 11.6 Å². The summed E-state index contributed by atoms with van der Waals surface area (Å²) in [5, 5.41) is 2.12. The molecule has 0 unspecified atom stereocenters. The number of anilines is 2. The third-order valence-corrected chi connectivity index (χ3v) is 5.79. The van der Waals surface area contributed by atoms with Crippen molar-refractivity contribution in [3.8, 4) is 0 Å².